The van der Waals surface area contributed by atoms with Gasteiger partial charge >= 0.3 is 0 Å². The summed E-state index contributed by atoms with van der Waals surface area (Å²) in [6, 6.07) is 23.0. The summed E-state index contributed by atoms with van der Waals surface area (Å²) in [5.74, 6) is 2.00. The summed E-state index contributed by atoms with van der Waals surface area (Å²) < 4.78 is 17.6. The van der Waals surface area contributed by atoms with Crippen LogP contribution in [0.25, 0.3) is 6.08 Å². The number of anilines is 1. The maximum Gasteiger partial charge on any atom is 0.270 e. The van der Waals surface area contributed by atoms with Gasteiger partial charge in [0.2, 0.25) is 0 Å². The molecule has 1 aliphatic rings. The molecule has 4 rings (SSSR count). The lowest BCUT2D eigenvalue weighted by atomic mass is 10.1. The Kier molecular flexibility index (Phi) is 7.87. The van der Waals surface area contributed by atoms with Crippen molar-refractivity contribution in [3.63, 3.8) is 0 Å². The highest BCUT2D eigenvalue weighted by molar-refractivity contribution is 8.27. The Labute approximate surface area is 209 Å². The number of para-hydroxylation sites is 4. The van der Waals surface area contributed by atoms with Crippen molar-refractivity contribution in [2.75, 3.05) is 25.2 Å². The van der Waals surface area contributed by atoms with Crippen molar-refractivity contribution in [3.8, 4) is 17.2 Å². The quantitative estimate of drug-likeness (QED) is 0.200. The Hall–Kier alpha value is -3.29. The number of thioether (sulfide) groups is 1. The minimum Gasteiger partial charge on any atom is -0.493 e. The summed E-state index contributed by atoms with van der Waals surface area (Å²) in [5, 5.41) is 0. The number of thiocarbonyl (C=S) groups is 1. The molecule has 1 amide bonds. The van der Waals surface area contributed by atoms with Gasteiger partial charge in [0.25, 0.3) is 5.91 Å². The Balaban J connectivity index is 1.40. The van der Waals surface area contributed by atoms with E-state index < -0.39 is 0 Å². The van der Waals surface area contributed by atoms with Crippen LogP contribution >= 0.6 is 24.0 Å². The van der Waals surface area contributed by atoms with Crippen molar-refractivity contribution >= 4 is 46.0 Å². The smallest absolute Gasteiger partial charge is 0.270 e. The van der Waals surface area contributed by atoms with E-state index in [-0.39, 0.29) is 5.91 Å². The van der Waals surface area contributed by atoms with E-state index in [2.05, 4.69) is 0 Å². The van der Waals surface area contributed by atoms with E-state index in [0.717, 1.165) is 16.8 Å². The second-order valence-electron chi connectivity index (χ2n) is 7.54. The molecular weight excluding hydrogens is 466 g/mol. The van der Waals surface area contributed by atoms with Gasteiger partial charge in [0.1, 0.15) is 5.75 Å². The number of hydrogen-bond acceptors (Lipinski definition) is 6. The monoisotopic (exact) mass is 491 g/mol. The molecule has 3 aromatic rings. The van der Waals surface area contributed by atoms with E-state index in [9.17, 15) is 4.79 Å². The second-order valence-corrected chi connectivity index (χ2v) is 9.22. The van der Waals surface area contributed by atoms with Crippen LogP contribution in [0.4, 0.5) is 5.69 Å². The first-order chi connectivity index (χ1) is 16.6. The standard InChI is InChI=1S/C27H25NO4S2/c1-19-10-3-5-12-21(19)28-26(29)25(34-27(28)33)18-20-11-4-6-13-22(20)31-16-9-17-32-24-15-8-7-14-23(24)30-2/h3-8,10-15,18H,9,16-17H2,1-2H3/b25-18-. The van der Waals surface area contributed by atoms with Crippen molar-refractivity contribution in [2.45, 2.75) is 13.3 Å². The molecule has 0 saturated carbocycles. The number of hydrogen-bond donors (Lipinski definition) is 0. The fourth-order valence-corrected chi connectivity index (χ4v) is 4.80. The molecule has 1 aliphatic heterocycles. The summed E-state index contributed by atoms with van der Waals surface area (Å²) in [4.78, 5) is 15.3. The van der Waals surface area contributed by atoms with Crippen LogP contribution in [-0.4, -0.2) is 30.6 Å². The molecular formula is C27H25NO4S2. The topological polar surface area (TPSA) is 48.0 Å². The molecule has 0 spiro atoms. The molecule has 1 saturated heterocycles. The third-order valence-electron chi connectivity index (χ3n) is 5.23. The number of methoxy groups -OCH3 is 1. The van der Waals surface area contributed by atoms with Gasteiger partial charge in [-0.2, -0.15) is 0 Å². The van der Waals surface area contributed by atoms with E-state index in [1.165, 1.54) is 11.8 Å². The van der Waals surface area contributed by atoms with Crippen molar-refractivity contribution in [3.05, 3.63) is 88.8 Å². The zero-order valence-corrected chi connectivity index (χ0v) is 20.7. The molecule has 34 heavy (non-hydrogen) atoms. The molecule has 174 valence electrons. The maximum absolute atomic E-state index is 13.2. The minimum absolute atomic E-state index is 0.121. The van der Waals surface area contributed by atoms with E-state index in [1.54, 1.807) is 12.0 Å². The molecule has 1 fully saturated rings. The Morgan fingerprint density at radius 2 is 1.50 bits per heavy atom. The zero-order valence-electron chi connectivity index (χ0n) is 19.0. The number of carbonyl (C=O) groups is 1. The van der Waals surface area contributed by atoms with Crippen LogP contribution in [0.3, 0.4) is 0 Å². The normalized spacial score (nSPS) is 14.5. The van der Waals surface area contributed by atoms with Gasteiger partial charge in [0.15, 0.2) is 15.8 Å². The van der Waals surface area contributed by atoms with Crippen LogP contribution in [0, 0.1) is 6.92 Å². The van der Waals surface area contributed by atoms with Gasteiger partial charge in [-0.1, -0.05) is 72.5 Å². The van der Waals surface area contributed by atoms with Crippen molar-refractivity contribution in [1.82, 2.24) is 0 Å². The number of amides is 1. The lowest BCUT2D eigenvalue weighted by molar-refractivity contribution is -0.113. The van der Waals surface area contributed by atoms with E-state index in [1.807, 2.05) is 85.8 Å². The van der Waals surface area contributed by atoms with Gasteiger partial charge in [0.05, 0.1) is 30.9 Å². The van der Waals surface area contributed by atoms with Gasteiger partial charge < -0.3 is 14.2 Å². The lowest BCUT2D eigenvalue weighted by Crippen LogP contribution is -2.28. The van der Waals surface area contributed by atoms with Crippen LogP contribution < -0.4 is 19.1 Å². The Morgan fingerprint density at radius 3 is 2.24 bits per heavy atom. The van der Waals surface area contributed by atoms with Gasteiger partial charge in [-0.3, -0.25) is 9.69 Å². The number of nitrogens with zero attached hydrogens (tertiary/aromatic N) is 1. The highest BCUT2D eigenvalue weighted by Gasteiger charge is 2.34. The molecule has 3 aromatic carbocycles. The van der Waals surface area contributed by atoms with Gasteiger partial charge in [-0.15, -0.1) is 0 Å². The number of aryl methyl sites for hydroxylation is 1. The number of rotatable bonds is 9. The number of carbonyl (C=O) groups excluding carboxylic acids is 1. The van der Waals surface area contributed by atoms with Crippen molar-refractivity contribution < 1.29 is 19.0 Å². The molecule has 0 aromatic heterocycles. The number of ether oxygens (including phenoxy) is 3. The first kappa shape index (κ1) is 23.9. The summed E-state index contributed by atoms with van der Waals surface area (Å²) in [7, 11) is 1.62. The summed E-state index contributed by atoms with van der Waals surface area (Å²) in [6.45, 7) is 2.94. The maximum atomic E-state index is 13.2. The molecule has 7 heteroatoms. The first-order valence-electron chi connectivity index (χ1n) is 10.9. The first-order valence-corrected chi connectivity index (χ1v) is 12.1. The fraction of sp³-hybridized carbons (Fsp3) is 0.185. The fourth-order valence-electron chi connectivity index (χ4n) is 3.52. The Morgan fingerprint density at radius 1 is 0.882 bits per heavy atom. The van der Waals surface area contributed by atoms with Crippen LogP contribution in [0.2, 0.25) is 0 Å². The highest BCUT2D eigenvalue weighted by Crippen LogP contribution is 2.38. The lowest BCUT2D eigenvalue weighted by Gasteiger charge is -2.16. The molecule has 5 nitrogen and oxygen atoms in total. The van der Waals surface area contributed by atoms with Crippen molar-refractivity contribution in [2.24, 2.45) is 0 Å². The molecule has 1 heterocycles. The average Bonchev–Trinajstić information content (AvgIpc) is 3.13. The molecule has 0 unspecified atom stereocenters. The van der Waals surface area contributed by atoms with Gasteiger partial charge in [-0.05, 0) is 42.8 Å². The van der Waals surface area contributed by atoms with E-state index in [0.29, 0.717) is 46.1 Å². The van der Waals surface area contributed by atoms with Crippen molar-refractivity contribution in [1.29, 1.82) is 0 Å². The molecule has 0 bridgehead atoms. The van der Waals surface area contributed by atoms with Gasteiger partial charge in [0, 0.05) is 12.0 Å². The second kappa shape index (κ2) is 11.2. The van der Waals surface area contributed by atoms with Crippen LogP contribution in [0.15, 0.2) is 77.7 Å². The number of benzene rings is 3. The SMILES string of the molecule is COc1ccccc1OCCCOc1ccccc1/C=C1\SC(=S)N(c2ccccc2C)C1=O. The molecule has 0 N–H and O–H groups in total. The zero-order chi connectivity index (χ0) is 23.9. The highest BCUT2D eigenvalue weighted by atomic mass is 32.2. The van der Waals surface area contributed by atoms with Crippen LogP contribution in [0.1, 0.15) is 17.5 Å². The third-order valence-corrected chi connectivity index (χ3v) is 6.53. The molecule has 0 atom stereocenters. The predicted octanol–water partition coefficient (Wildman–Crippen LogP) is 6.26. The van der Waals surface area contributed by atoms with Crippen LogP contribution in [-0.2, 0) is 4.79 Å². The van der Waals surface area contributed by atoms with Crippen LogP contribution in [0.5, 0.6) is 17.2 Å². The summed E-state index contributed by atoms with van der Waals surface area (Å²) in [6.07, 6.45) is 2.54. The summed E-state index contributed by atoms with van der Waals surface area (Å²) >= 11 is 6.82. The van der Waals surface area contributed by atoms with E-state index in [4.69, 9.17) is 26.4 Å². The average molecular weight is 492 g/mol. The minimum atomic E-state index is -0.121. The van der Waals surface area contributed by atoms with E-state index >= 15 is 0 Å². The van der Waals surface area contributed by atoms with Gasteiger partial charge in [-0.25, -0.2) is 0 Å². The predicted molar refractivity (Wildman–Crippen MR) is 142 cm³/mol. The Bertz CT molecular complexity index is 1220. The molecule has 0 radical (unpaired) electrons. The largest absolute Gasteiger partial charge is 0.493 e. The molecule has 0 aliphatic carbocycles. The third kappa shape index (κ3) is 5.43. The summed E-state index contributed by atoms with van der Waals surface area (Å²) in [5.41, 5.74) is 2.64.